The second-order valence-corrected chi connectivity index (χ2v) is 7.97. The minimum atomic E-state index is 0.0879. The lowest BCUT2D eigenvalue weighted by molar-refractivity contribution is -0.139. The van der Waals surface area contributed by atoms with Gasteiger partial charge < -0.3 is 10.2 Å². The van der Waals surface area contributed by atoms with Gasteiger partial charge in [-0.25, -0.2) is 0 Å². The third-order valence-electron chi connectivity index (χ3n) is 5.57. The summed E-state index contributed by atoms with van der Waals surface area (Å²) in [7, 11) is 0. The minimum Gasteiger partial charge on any atom is -0.356 e. The Bertz CT molecular complexity index is 618. The van der Waals surface area contributed by atoms with E-state index in [1.165, 1.54) is 11.1 Å². The van der Waals surface area contributed by atoms with Gasteiger partial charge in [0.1, 0.15) is 0 Å². The van der Waals surface area contributed by atoms with Gasteiger partial charge in [-0.2, -0.15) is 0 Å². The highest BCUT2D eigenvalue weighted by molar-refractivity contribution is 5.81. The highest BCUT2D eigenvalue weighted by Crippen LogP contribution is 2.31. The molecule has 1 aromatic carbocycles. The van der Waals surface area contributed by atoms with Crippen LogP contribution in [0.15, 0.2) is 24.3 Å². The molecule has 0 unspecified atom stereocenters. The number of nitrogens with zero attached hydrogens (tertiary/aromatic N) is 1. The lowest BCUT2D eigenvalue weighted by atomic mass is 9.80. The van der Waals surface area contributed by atoms with Crippen molar-refractivity contribution in [2.75, 3.05) is 13.1 Å². The van der Waals surface area contributed by atoms with Crippen LogP contribution in [0.4, 0.5) is 0 Å². The fraction of sp³-hybridized carbons (Fsp3) is 0.619. The number of rotatable bonds is 4. The Kier molecular flexibility index (Phi) is 5.77. The molecule has 25 heavy (non-hydrogen) atoms. The second kappa shape index (κ2) is 8.03. The van der Waals surface area contributed by atoms with Gasteiger partial charge in [0.15, 0.2) is 0 Å². The predicted molar refractivity (Wildman–Crippen MR) is 98.9 cm³/mol. The van der Waals surface area contributed by atoms with E-state index in [0.717, 1.165) is 51.7 Å². The van der Waals surface area contributed by atoms with Gasteiger partial charge >= 0.3 is 0 Å². The third kappa shape index (κ3) is 4.42. The molecule has 3 rings (SSSR count). The second-order valence-electron chi connectivity index (χ2n) is 7.97. The largest absolute Gasteiger partial charge is 0.356 e. The number of benzene rings is 1. The molecular formula is C21H30N2O2. The van der Waals surface area contributed by atoms with Crippen LogP contribution in [0.5, 0.6) is 0 Å². The molecule has 136 valence electrons. The monoisotopic (exact) mass is 342 g/mol. The Morgan fingerprint density at radius 2 is 1.72 bits per heavy atom. The van der Waals surface area contributed by atoms with Crippen molar-refractivity contribution < 1.29 is 9.59 Å². The van der Waals surface area contributed by atoms with Gasteiger partial charge in [0, 0.05) is 31.5 Å². The number of fused-ring (bicyclic) bond motifs is 1. The van der Waals surface area contributed by atoms with Crippen LogP contribution in [-0.2, 0) is 22.6 Å². The molecule has 1 N–H and O–H groups in total. The van der Waals surface area contributed by atoms with Gasteiger partial charge in [-0.05, 0) is 49.1 Å². The molecule has 4 heteroatoms. The van der Waals surface area contributed by atoms with Crippen LogP contribution in [0.3, 0.4) is 0 Å². The zero-order valence-corrected chi connectivity index (χ0v) is 15.5. The Morgan fingerprint density at radius 1 is 1.08 bits per heavy atom. The summed E-state index contributed by atoms with van der Waals surface area (Å²) in [5.74, 6) is 1.12. The van der Waals surface area contributed by atoms with E-state index in [1.54, 1.807) is 0 Å². The van der Waals surface area contributed by atoms with Crippen LogP contribution < -0.4 is 5.32 Å². The average molecular weight is 342 g/mol. The Hall–Kier alpha value is -1.84. The van der Waals surface area contributed by atoms with Crippen molar-refractivity contribution >= 4 is 11.8 Å². The van der Waals surface area contributed by atoms with E-state index in [0.29, 0.717) is 5.92 Å². The highest BCUT2D eigenvalue weighted by atomic mass is 16.2. The van der Waals surface area contributed by atoms with Gasteiger partial charge in [0.2, 0.25) is 11.8 Å². The molecule has 0 radical (unpaired) electrons. The molecule has 1 heterocycles. The quantitative estimate of drug-likeness (QED) is 0.914. The first-order chi connectivity index (χ1) is 12.0. The molecule has 1 aliphatic heterocycles. The first kappa shape index (κ1) is 18.0. The van der Waals surface area contributed by atoms with E-state index in [1.807, 2.05) is 11.0 Å². The first-order valence-electron chi connectivity index (χ1n) is 9.68. The van der Waals surface area contributed by atoms with E-state index >= 15 is 0 Å². The van der Waals surface area contributed by atoms with Crippen molar-refractivity contribution in [2.24, 2.45) is 17.8 Å². The van der Waals surface area contributed by atoms with E-state index in [9.17, 15) is 9.59 Å². The number of carbonyl (C=O) groups excluding carboxylic acids is 2. The van der Waals surface area contributed by atoms with Crippen molar-refractivity contribution in [3.8, 4) is 0 Å². The molecule has 1 fully saturated rings. The number of amides is 2. The Labute approximate surface area is 151 Å². The number of hydrogen-bond acceptors (Lipinski definition) is 2. The number of hydrogen-bond donors (Lipinski definition) is 1. The topological polar surface area (TPSA) is 49.4 Å². The van der Waals surface area contributed by atoms with E-state index in [4.69, 9.17) is 0 Å². The van der Waals surface area contributed by atoms with Crippen molar-refractivity contribution in [1.82, 2.24) is 10.2 Å². The van der Waals surface area contributed by atoms with Crippen LogP contribution in [0.2, 0.25) is 0 Å². The van der Waals surface area contributed by atoms with E-state index in [-0.39, 0.29) is 23.7 Å². The Morgan fingerprint density at radius 3 is 2.40 bits per heavy atom. The van der Waals surface area contributed by atoms with Crippen LogP contribution in [0.25, 0.3) is 0 Å². The molecule has 1 aromatic rings. The van der Waals surface area contributed by atoms with Crippen LogP contribution >= 0.6 is 0 Å². The van der Waals surface area contributed by atoms with Gasteiger partial charge in [-0.1, -0.05) is 38.1 Å². The van der Waals surface area contributed by atoms with Gasteiger partial charge in [-0.3, -0.25) is 9.59 Å². The molecule has 4 nitrogen and oxygen atoms in total. The SMILES string of the molecule is CC(C)CNC(=O)C1CCC(C(=O)N2CCc3ccccc3C2)CC1. The molecule has 0 spiro atoms. The van der Waals surface area contributed by atoms with Crippen molar-refractivity contribution in [3.05, 3.63) is 35.4 Å². The fourth-order valence-electron chi connectivity index (χ4n) is 3.99. The molecule has 0 bridgehead atoms. The lowest BCUT2D eigenvalue weighted by Crippen LogP contribution is -2.42. The molecule has 1 aliphatic carbocycles. The zero-order valence-electron chi connectivity index (χ0n) is 15.5. The van der Waals surface area contributed by atoms with E-state index < -0.39 is 0 Å². The maximum absolute atomic E-state index is 12.9. The molecule has 0 saturated heterocycles. The van der Waals surface area contributed by atoms with Gasteiger partial charge in [0.05, 0.1) is 0 Å². The molecular weight excluding hydrogens is 312 g/mol. The maximum atomic E-state index is 12.9. The van der Waals surface area contributed by atoms with Crippen LogP contribution in [0.1, 0.15) is 50.7 Å². The predicted octanol–water partition coefficient (Wildman–Crippen LogP) is 3.15. The summed E-state index contributed by atoms with van der Waals surface area (Å²) in [4.78, 5) is 27.1. The van der Waals surface area contributed by atoms with Crippen molar-refractivity contribution in [1.29, 1.82) is 0 Å². The number of nitrogens with one attached hydrogen (secondary N) is 1. The lowest BCUT2D eigenvalue weighted by Gasteiger charge is -2.34. The fourth-order valence-corrected chi connectivity index (χ4v) is 3.99. The van der Waals surface area contributed by atoms with Crippen LogP contribution in [-0.4, -0.2) is 29.8 Å². The summed E-state index contributed by atoms with van der Waals surface area (Å²) >= 11 is 0. The minimum absolute atomic E-state index is 0.0879. The summed E-state index contributed by atoms with van der Waals surface area (Å²) in [5.41, 5.74) is 2.65. The van der Waals surface area contributed by atoms with Gasteiger partial charge in [-0.15, -0.1) is 0 Å². The van der Waals surface area contributed by atoms with Crippen molar-refractivity contribution in [3.63, 3.8) is 0 Å². The number of carbonyl (C=O) groups is 2. The third-order valence-corrected chi connectivity index (χ3v) is 5.57. The molecule has 2 amide bonds. The smallest absolute Gasteiger partial charge is 0.225 e. The molecule has 0 aromatic heterocycles. The summed E-state index contributed by atoms with van der Waals surface area (Å²) in [6.45, 7) is 6.51. The van der Waals surface area contributed by atoms with Crippen molar-refractivity contribution in [2.45, 2.75) is 52.5 Å². The first-order valence-corrected chi connectivity index (χ1v) is 9.68. The van der Waals surface area contributed by atoms with Gasteiger partial charge in [0.25, 0.3) is 0 Å². The molecule has 2 aliphatic rings. The molecule has 0 atom stereocenters. The summed E-state index contributed by atoms with van der Waals surface area (Å²) in [6.07, 6.45) is 4.32. The Balaban J connectivity index is 1.50. The van der Waals surface area contributed by atoms with E-state index in [2.05, 4.69) is 37.4 Å². The summed E-state index contributed by atoms with van der Waals surface area (Å²) in [5, 5.41) is 3.04. The summed E-state index contributed by atoms with van der Waals surface area (Å²) in [6, 6.07) is 8.42. The molecule has 1 saturated carbocycles. The highest BCUT2D eigenvalue weighted by Gasteiger charge is 2.33. The summed E-state index contributed by atoms with van der Waals surface area (Å²) < 4.78 is 0. The van der Waals surface area contributed by atoms with Crippen LogP contribution in [0, 0.1) is 17.8 Å². The zero-order chi connectivity index (χ0) is 17.8. The maximum Gasteiger partial charge on any atom is 0.225 e. The average Bonchev–Trinajstić information content (AvgIpc) is 2.65. The standard InChI is InChI=1S/C21H30N2O2/c1-15(2)13-22-20(24)17-7-9-18(10-8-17)21(25)23-12-11-16-5-3-4-6-19(16)14-23/h3-6,15,17-18H,7-14H2,1-2H3,(H,22,24). The normalized spacial score (nSPS) is 23.2.